The van der Waals surface area contributed by atoms with Crippen LogP contribution in [0.25, 0.3) is 22.9 Å². The Bertz CT molecular complexity index is 1730. The minimum Gasteiger partial charge on any atom is -0.505 e. The van der Waals surface area contributed by atoms with Crippen molar-refractivity contribution in [3.05, 3.63) is 98.3 Å². The second kappa shape index (κ2) is 9.98. The first-order valence-electron chi connectivity index (χ1n) is 11.7. The predicted octanol–water partition coefficient (Wildman–Crippen LogP) is 6.20. The number of phenolic OH excluding ortho intramolecular Hbond substituents is 1. The van der Waals surface area contributed by atoms with Gasteiger partial charge in [0.05, 0.1) is 16.3 Å². The number of aromatic nitrogens is 2. The van der Waals surface area contributed by atoms with Gasteiger partial charge in [-0.3, -0.25) is 24.8 Å². The molecule has 10 heteroatoms. The fourth-order valence-corrected chi connectivity index (χ4v) is 4.70. The van der Waals surface area contributed by atoms with Gasteiger partial charge in [0.15, 0.2) is 11.4 Å². The molecule has 38 heavy (non-hydrogen) atoms. The number of carbonyl (C=O) groups excluding carboxylic acids is 2. The highest BCUT2D eigenvalue weighted by atomic mass is 32.2. The topological polar surface area (TPSA) is 129 Å². The van der Waals surface area contributed by atoms with E-state index < -0.39 is 11.1 Å². The number of hydrogen-bond donors (Lipinski definition) is 3. The Labute approximate surface area is 221 Å². The summed E-state index contributed by atoms with van der Waals surface area (Å²) in [4.78, 5) is 36.7. The third-order valence-electron chi connectivity index (χ3n) is 6.20. The van der Waals surface area contributed by atoms with Crippen LogP contribution in [0.2, 0.25) is 0 Å². The van der Waals surface area contributed by atoms with E-state index in [4.69, 9.17) is 0 Å². The number of carbonyl (C=O) groups is 2. The van der Waals surface area contributed by atoms with E-state index in [2.05, 4.69) is 20.6 Å². The molecule has 5 rings (SSSR count). The van der Waals surface area contributed by atoms with Gasteiger partial charge in [-0.05, 0) is 85.1 Å². The lowest BCUT2D eigenvalue weighted by atomic mass is 10.0. The summed E-state index contributed by atoms with van der Waals surface area (Å²) < 4.78 is 1.42. The third-order valence-corrected chi connectivity index (χ3v) is 7.01. The van der Waals surface area contributed by atoms with Crippen molar-refractivity contribution < 1.29 is 14.7 Å². The van der Waals surface area contributed by atoms with Gasteiger partial charge in [0.2, 0.25) is 0 Å². The number of phenols is 1. The van der Waals surface area contributed by atoms with Crippen molar-refractivity contribution in [1.82, 2.24) is 15.1 Å². The van der Waals surface area contributed by atoms with Crippen LogP contribution in [0.1, 0.15) is 22.4 Å². The molecule has 2 amide bonds. The Morgan fingerprint density at radius 1 is 0.921 bits per heavy atom. The zero-order chi connectivity index (χ0) is 27.0. The Hall–Kier alpha value is -4.70. The zero-order valence-electron chi connectivity index (χ0n) is 20.8. The third kappa shape index (κ3) is 4.81. The second-order valence-corrected chi connectivity index (χ2v) is 9.86. The number of H-pyrrole nitrogens is 1. The summed E-state index contributed by atoms with van der Waals surface area (Å²) in [6.07, 6.45) is 1.62. The van der Waals surface area contributed by atoms with Gasteiger partial charge in [-0.15, -0.1) is 10.2 Å². The number of hydrogen-bond acceptors (Lipinski definition) is 7. The van der Waals surface area contributed by atoms with Crippen LogP contribution in [0.5, 0.6) is 5.75 Å². The van der Waals surface area contributed by atoms with Gasteiger partial charge < -0.3 is 5.11 Å². The zero-order valence-corrected chi connectivity index (χ0v) is 21.6. The molecule has 0 atom stereocenters. The van der Waals surface area contributed by atoms with Crippen molar-refractivity contribution in [3.8, 4) is 22.6 Å². The number of nitrogens with zero attached hydrogens (tertiary/aromatic N) is 3. The number of nitrogens with one attached hydrogen (secondary N) is 2. The molecule has 0 unspecified atom stereocenters. The highest BCUT2D eigenvalue weighted by Crippen LogP contribution is 2.38. The highest BCUT2D eigenvalue weighted by Gasteiger charge is 2.25. The molecule has 1 aliphatic heterocycles. The molecular formula is C28H23N5O4S. The molecule has 0 aliphatic carbocycles. The summed E-state index contributed by atoms with van der Waals surface area (Å²) in [5.41, 5.74) is 5.28. The number of para-hydroxylation sites is 1. The predicted molar refractivity (Wildman–Crippen MR) is 147 cm³/mol. The van der Waals surface area contributed by atoms with Crippen LogP contribution in [0, 0.1) is 20.8 Å². The normalized spacial score (nSPS) is 14.6. The fourth-order valence-electron chi connectivity index (χ4n) is 4.02. The number of aromatic hydroxyl groups is 1. The van der Waals surface area contributed by atoms with Gasteiger partial charge in [-0.1, -0.05) is 36.4 Å². The van der Waals surface area contributed by atoms with Crippen molar-refractivity contribution >= 4 is 40.4 Å². The van der Waals surface area contributed by atoms with Gasteiger partial charge in [0.25, 0.3) is 16.7 Å². The Morgan fingerprint density at radius 3 is 2.45 bits per heavy atom. The number of imide groups is 1. The van der Waals surface area contributed by atoms with Crippen LogP contribution in [-0.2, 0) is 4.79 Å². The van der Waals surface area contributed by atoms with Gasteiger partial charge in [0, 0.05) is 5.56 Å². The van der Waals surface area contributed by atoms with Gasteiger partial charge >= 0.3 is 0 Å². The molecule has 0 spiro atoms. The standard InChI is InChI=1S/C28H23N5O4S/c1-15-10-11-20(12-16(15)2)33-27(36)24(17(3)32-33)31-30-22-9-5-8-21(25(22)34)19-7-4-6-18(13-19)14-23-26(35)29-28(37)38-23/h4-14,32,34H,1-3H3,(H,29,35,37). The van der Waals surface area contributed by atoms with E-state index in [0.29, 0.717) is 33.0 Å². The van der Waals surface area contributed by atoms with E-state index in [0.717, 1.165) is 22.9 Å². The minimum absolute atomic E-state index is 0.105. The van der Waals surface area contributed by atoms with E-state index >= 15 is 0 Å². The number of aryl methyl sites for hydroxylation is 3. The fraction of sp³-hybridized carbons (Fsp3) is 0.107. The molecule has 0 bridgehead atoms. The molecule has 0 radical (unpaired) electrons. The lowest BCUT2D eigenvalue weighted by Crippen LogP contribution is -2.17. The average Bonchev–Trinajstić information content (AvgIpc) is 3.36. The smallest absolute Gasteiger partial charge is 0.299 e. The SMILES string of the molecule is Cc1ccc(-n2[nH]c(C)c(N=Nc3cccc(-c4cccc(C=C5SC(=O)NC5=O)c4)c3O)c2=O)cc1C. The highest BCUT2D eigenvalue weighted by molar-refractivity contribution is 8.18. The first-order valence-corrected chi connectivity index (χ1v) is 12.5. The van der Waals surface area contributed by atoms with Crippen LogP contribution < -0.4 is 10.9 Å². The molecule has 3 N–H and O–H groups in total. The molecule has 0 saturated carbocycles. The number of aromatic amines is 1. The molecule has 1 fully saturated rings. The number of azo groups is 1. The Balaban J connectivity index is 1.46. The maximum atomic E-state index is 13.1. The molecule has 1 aliphatic rings. The molecule has 2 heterocycles. The molecular weight excluding hydrogens is 502 g/mol. The second-order valence-electron chi connectivity index (χ2n) is 8.85. The first-order chi connectivity index (χ1) is 18.2. The van der Waals surface area contributed by atoms with Gasteiger partial charge in [0.1, 0.15) is 5.69 Å². The van der Waals surface area contributed by atoms with E-state index in [1.807, 2.05) is 38.1 Å². The summed E-state index contributed by atoms with van der Waals surface area (Å²) in [6.45, 7) is 5.72. The average molecular weight is 526 g/mol. The summed E-state index contributed by atoms with van der Waals surface area (Å²) in [7, 11) is 0. The molecule has 3 aromatic carbocycles. The molecule has 1 saturated heterocycles. The quantitative estimate of drug-likeness (QED) is 0.211. The van der Waals surface area contributed by atoms with Crippen molar-refractivity contribution in [2.24, 2.45) is 10.2 Å². The summed E-state index contributed by atoms with van der Waals surface area (Å²) in [6, 6.07) is 18.0. The van der Waals surface area contributed by atoms with Crippen LogP contribution in [-0.4, -0.2) is 26.0 Å². The van der Waals surface area contributed by atoms with Crippen molar-refractivity contribution in [3.63, 3.8) is 0 Å². The monoisotopic (exact) mass is 525 g/mol. The maximum Gasteiger partial charge on any atom is 0.299 e. The van der Waals surface area contributed by atoms with Gasteiger partial charge in [-0.2, -0.15) is 0 Å². The maximum absolute atomic E-state index is 13.1. The van der Waals surface area contributed by atoms with Crippen molar-refractivity contribution in [2.75, 3.05) is 0 Å². The van der Waals surface area contributed by atoms with Crippen LogP contribution in [0.4, 0.5) is 16.2 Å². The number of amides is 2. The van der Waals surface area contributed by atoms with E-state index in [9.17, 15) is 19.5 Å². The number of thioether (sulfide) groups is 1. The van der Waals surface area contributed by atoms with E-state index in [1.165, 1.54) is 4.68 Å². The van der Waals surface area contributed by atoms with Crippen molar-refractivity contribution in [1.29, 1.82) is 0 Å². The van der Waals surface area contributed by atoms with Crippen LogP contribution in [0.3, 0.4) is 0 Å². The van der Waals surface area contributed by atoms with E-state index in [-0.39, 0.29) is 22.7 Å². The minimum atomic E-state index is -0.438. The molecule has 9 nitrogen and oxygen atoms in total. The largest absolute Gasteiger partial charge is 0.505 e. The first kappa shape index (κ1) is 25.0. The number of benzene rings is 3. The molecule has 190 valence electrons. The van der Waals surface area contributed by atoms with Crippen LogP contribution in [0.15, 0.2) is 80.6 Å². The Kier molecular flexibility index (Phi) is 6.56. The molecule has 1 aromatic heterocycles. The summed E-state index contributed by atoms with van der Waals surface area (Å²) in [5, 5.41) is 24.2. The summed E-state index contributed by atoms with van der Waals surface area (Å²) >= 11 is 0.839. The van der Waals surface area contributed by atoms with Crippen molar-refractivity contribution in [2.45, 2.75) is 20.8 Å². The Morgan fingerprint density at radius 2 is 1.71 bits per heavy atom. The van der Waals surface area contributed by atoms with Crippen LogP contribution >= 0.6 is 11.8 Å². The van der Waals surface area contributed by atoms with Gasteiger partial charge in [-0.25, -0.2) is 4.68 Å². The number of rotatable bonds is 5. The van der Waals surface area contributed by atoms with E-state index in [1.54, 1.807) is 49.4 Å². The lowest BCUT2D eigenvalue weighted by Gasteiger charge is -2.08. The molecule has 4 aromatic rings. The lowest BCUT2D eigenvalue weighted by molar-refractivity contribution is -0.115. The summed E-state index contributed by atoms with van der Waals surface area (Å²) in [5.74, 6) is -0.542.